The number of amides is 1. The Kier molecular flexibility index (Phi) is 4.80. The largest absolute Gasteiger partial charge is 0.477 e. The molecular weight excluding hydrogens is 296 g/mol. The van der Waals surface area contributed by atoms with Gasteiger partial charge in [0.2, 0.25) is 5.91 Å². The van der Waals surface area contributed by atoms with E-state index in [1.54, 1.807) is 0 Å². The molecule has 4 N–H and O–H groups in total. The van der Waals surface area contributed by atoms with Crippen molar-refractivity contribution in [1.29, 1.82) is 0 Å². The molecule has 0 aromatic rings. The van der Waals surface area contributed by atoms with Crippen LogP contribution in [0.15, 0.2) is 11.3 Å². The number of hydrogen-bond acceptors (Lipinski definition) is 5. The maximum absolute atomic E-state index is 12.0. The van der Waals surface area contributed by atoms with Crippen molar-refractivity contribution in [3.63, 3.8) is 0 Å². The van der Waals surface area contributed by atoms with Gasteiger partial charge in [-0.1, -0.05) is 0 Å². The van der Waals surface area contributed by atoms with Crippen LogP contribution in [0.3, 0.4) is 0 Å². The molecule has 4 atom stereocenters. The summed E-state index contributed by atoms with van der Waals surface area (Å²) in [4.78, 5) is 24.6. The van der Waals surface area contributed by atoms with Gasteiger partial charge in [0.15, 0.2) is 0 Å². The van der Waals surface area contributed by atoms with Gasteiger partial charge in [-0.25, -0.2) is 4.79 Å². The fraction of sp³-hybridized carbons (Fsp3) is 0.692. The minimum Gasteiger partial charge on any atom is -0.477 e. The van der Waals surface area contributed by atoms with E-state index < -0.39 is 28.8 Å². The Morgan fingerprint density at radius 2 is 2.24 bits per heavy atom. The zero-order chi connectivity index (χ0) is 15.7. The van der Waals surface area contributed by atoms with Crippen LogP contribution in [0, 0.1) is 5.92 Å². The lowest BCUT2D eigenvalue weighted by Crippen LogP contribution is -2.61. The molecule has 21 heavy (non-hydrogen) atoms. The minimum atomic E-state index is -1.18. The van der Waals surface area contributed by atoms with Crippen LogP contribution >= 0.6 is 0 Å². The van der Waals surface area contributed by atoms with Crippen LogP contribution in [-0.2, 0) is 20.4 Å². The first-order chi connectivity index (χ1) is 9.88. The number of rotatable bonds is 7. The van der Waals surface area contributed by atoms with Crippen molar-refractivity contribution in [3.8, 4) is 0 Å². The van der Waals surface area contributed by atoms with Crippen molar-refractivity contribution in [2.75, 3.05) is 18.1 Å². The smallest absolute Gasteiger partial charge is 0.352 e. The van der Waals surface area contributed by atoms with E-state index in [1.807, 2.05) is 0 Å². The number of carbonyl (C=O) groups is 2. The number of aliphatic hydroxyl groups is 1. The summed E-state index contributed by atoms with van der Waals surface area (Å²) < 4.78 is 11.9. The molecule has 0 bridgehead atoms. The second-order valence-corrected chi connectivity index (χ2v) is 7.01. The molecule has 8 heteroatoms. The van der Waals surface area contributed by atoms with Crippen molar-refractivity contribution in [2.24, 2.45) is 11.7 Å². The molecule has 1 saturated heterocycles. The number of β-lactam (4-membered cyclic amide) rings is 1. The molecule has 7 nitrogen and oxygen atoms in total. The molecule has 2 heterocycles. The van der Waals surface area contributed by atoms with Crippen LogP contribution in [0.25, 0.3) is 0 Å². The van der Waals surface area contributed by atoms with Crippen LogP contribution in [0.1, 0.15) is 19.8 Å². The highest BCUT2D eigenvalue weighted by atomic mass is 32.2. The second kappa shape index (κ2) is 6.25. The van der Waals surface area contributed by atoms with Gasteiger partial charge in [0.1, 0.15) is 5.70 Å². The number of carboxylic acid groups (broad SMARTS) is 1. The normalized spacial score (nSPS) is 27.4. The van der Waals surface area contributed by atoms with Gasteiger partial charge < -0.3 is 20.8 Å². The molecule has 4 unspecified atom stereocenters. The van der Waals surface area contributed by atoms with Gasteiger partial charge in [-0.3, -0.25) is 9.00 Å². The lowest BCUT2D eigenvalue weighted by molar-refractivity contribution is -0.161. The number of hydrogen-bond donors (Lipinski definition) is 3. The fourth-order valence-corrected chi connectivity index (χ4v) is 4.28. The summed E-state index contributed by atoms with van der Waals surface area (Å²) in [5, 5.41) is 18.9. The number of carboxylic acids is 1. The molecule has 0 aliphatic carbocycles. The zero-order valence-corrected chi connectivity index (χ0v) is 12.6. The van der Waals surface area contributed by atoms with Gasteiger partial charge in [0, 0.05) is 22.3 Å². The molecular formula is C13H20N2O5S. The second-order valence-electron chi connectivity index (χ2n) is 5.43. The summed E-state index contributed by atoms with van der Waals surface area (Å²) in [6.07, 6.45) is 0.179. The molecule has 118 valence electrons. The Balaban J connectivity index is 2.15. The van der Waals surface area contributed by atoms with Crippen LogP contribution in [0.4, 0.5) is 0 Å². The quantitative estimate of drug-likeness (QED) is 0.520. The van der Waals surface area contributed by atoms with E-state index in [0.717, 1.165) is 0 Å². The van der Waals surface area contributed by atoms with Crippen LogP contribution in [0.5, 0.6) is 0 Å². The number of fused-ring (bicyclic) bond motifs is 1. The van der Waals surface area contributed by atoms with Crippen molar-refractivity contribution in [2.45, 2.75) is 31.9 Å². The molecule has 2 rings (SSSR count). The van der Waals surface area contributed by atoms with E-state index >= 15 is 0 Å². The highest BCUT2D eigenvalue weighted by molar-refractivity contribution is 7.85. The maximum atomic E-state index is 12.0. The average molecular weight is 316 g/mol. The molecule has 0 saturated carbocycles. The van der Waals surface area contributed by atoms with Gasteiger partial charge >= 0.3 is 5.97 Å². The van der Waals surface area contributed by atoms with Crippen molar-refractivity contribution >= 4 is 22.7 Å². The van der Waals surface area contributed by atoms with E-state index in [2.05, 4.69) is 0 Å². The van der Waals surface area contributed by atoms with Gasteiger partial charge in [-0.15, -0.1) is 0 Å². The zero-order valence-electron chi connectivity index (χ0n) is 11.8. The number of nitrogens with zero attached hydrogens (tertiary/aromatic N) is 1. The molecule has 0 aromatic heterocycles. The third-order valence-corrected chi connectivity index (χ3v) is 5.35. The fourth-order valence-electron chi connectivity index (χ4n) is 3.00. The Morgan fingerprint density at radius 1 is 1.57 bits per heavy atom. The minimum absolute atomic E-state index is 0.0528. The summed E-state index contributed by atoms with van der Waals surface area (Å²) in [6.45, 7) is 1.96. The van der Waals surface area contributed by atoms with Gasteiger partial charge in [-0.05, 0) is 31.9 Å². The molecule has 2 aliphatic heterocycles. The molecule has 1 fully saturated rings. The maximum Gasteiger partial charge on any atom is 0.352 e. The average Bonchev–Trinajstić information content (AvgIpc) is 2.70. The van der Waals surface area contributed by atoms with Crippen LogP contribution in [-0.4, -0.2) is 61.4 Å². The van der Waals surface area contributed by atoms with Crippen molar-refractivity contribution in [1.82, 2.24) is 4.90 Å². The highest BCUT2D eigenvalue weighted by Crippen LogP contribution is 2.43. The molecule has 0 spiro atoms. The summed E-state index contributed by atoms with van der Waals surface area (Å²) in [7, 11) is -1.18. The summed E-state index contributed by atoms with van der Waals surface area (Å²) >= 11 is 0. The molecule has 0 radical (unpaired) electrons. The highest BCUT2D eigenvalue weighted by Gasteiger charge is 2.56. The van der Waals surface area contributed by atoms with E-state index in [4.69, 9.17) is 5.73 Å². The number of nitrogens with two attached hydrogens (primary N) is 1. The monoisotopic (exact) mass is 316 g/mol. The Morgan fingerprint density at radius 3 is 2.76 bits per heavy atom. The predicted octanol–water partition coefficient (Wildman–Crippen LogP) is -0.966. The molecule has 2 aliphatic rings. The Bertz CT molecular complexity index is 517. The number of aliphatic hydroxyl groups excluding tert-OH is 1. The lowest BCUT2D eigenvalue weighted by atomic mass is 9.83. The Labute approximate surface area is 125 Å². The Hall–Kier alpha value is -1.25. The van der Waals surface area contributed by atoms with E-state index in [0.29, 0.717) is 30.7 Å². The standard InChI is InChI=1S/C13H20N2O5S/c1-7(16)10-9-5-8(6-21(20)4-2-3-14)11(13(18)19)15(9)12(10)17/h7,9-10,16H,2-6,14H2,1H3,(H,18,19). The van der Waals surface area contributed by atoms with Crippen LogP contribution < -0.4 is 5.73 Å². The SMILES string of the molecule is CC(O)C1C(=O)N2C(C(=O)O)=C(CS(=O)CCCN)CC12. The van der Waals surface area contributed by atoms with E-state index in [-0.39, 0.29) is 23.4 Å². The third-order valence-electron chi connectivity index (χ3n) is 3.93. The van der Waals surface area contributed by atoms with Gasteiger partial charge in [0.25, 0.3) is 0 Å². The van der Waals surface area contributed by atoms with Crippen LogP contribution in [0.2, 0.25) is 0 Å². The lowest BCUT2D eigenvalue weighted by Gasteiger charge is -2.44. The number of carbonyl (C=O) groups excluding carboxylic acids is 1. The molecule has 1 amide bonds. The topological polar surface area (TPSA) is 121 Å². The van der Waals surface area contributed by atoms with Gasteiger partial charge in [0.05, 0.1) is 18.1 Å². The predicted molar refractivity (Wildman–Crippen MR) is 76.6 cm³/mol. The first-order valence-electron chi connectivity index (χ1n) is 6.90. The first kappa shape index (κ1) is 16.1. The van der Waals surface area contributed by atoms with Gasteiger partial charge in [-0.2, -0.15) is 0 Å². The van der Waals surface area contributed by atoms with Crippen molar-refractivity contribution in [3.05, 3.63) is 11.3 Å². The van der Waals surface area contributed by atoms with Crippen molar-refractivity contribution < 1.29 is 24.0 Å². The first-order valence-corrected chi connectivity index (χ1v) is 8.38. The number of aliphatic carboxylic acids is 1. The summed E-state index contributed by atoms with van der Waals surface area (Å²) in [5.41, 5.74) is 5.84. The summed E-state index contributed by atoms with van der Waals surface area (Å²) in [5.74, 6) is -1.54. The van der Waals surface area contributed by atoms with E-state index in [1.165, 1.54) is 11.8 Å². The molecule has 0 aromatic carbocycles. The summed E-state index contributed by atoms with van der Waals surface area (Å²) in [6, 6.07) is -0.315. The third kappa shape index (κ3) is 2.88. The van der Waals surface area contributed by atoms with E-state index in [9.17, 15) is 24.0 Å².